The number of rotatable bonds is 7. The quantitative estimate of drug-likeness (QED) is 0.366. The first-order chi connectivity index (χ1) is 14.1. The first-order valence-corrected chi connectivity index (χ1v) is 8.99. The highest BCUT2D eigenvalue weighted by molar-refractivity contribution is 5.92. The number of nitro benzene ring substituents is 1. The van der Waals surface area contributed by atoms with E-state index in [1.165, 1.54) is 18.2 Å². The van der Waals surface area contributed by atoms with Gasteiger partial charge >= 0.3 is 0 Å². The van der Waals surface area contributed by atoms with Crippen LogP contribution in [0.4, 0.5) is 5.69 Å². The Balaban J connectivity index is 1.81. The van der Waals surface area contributed by atoms with Crippen molar-refractivity contribution in [2.24, 2.45) is 0 Å². The number of methoxy groups -OCH3 is 1. The maximum absolute atomic E-state index is 12.6. The van der Waals surface area contributed by atoms with E-state index in [0.29, 0.717) is 5.56 Å². The Morgan fingerprint density at radius 2 is 1.69 bits per heavy atom. The SMILES string of the molecule is COc1ccc([C@@H](NC(=O)/C=C/c2cccc([N+](=O)[O-])c2)c2ccccc2)cc1. The van der Waals surface area contributed by atoms with E-state index in [-0.39, 0.29) is 17.6 Å². The minimum Gasteiger partial charge on any atom is -0.497 e. The molecule has 6 nitrogen and oxygen atoms in total. The number of hydrogen-bond acceptors (Lipinski definition) is 4. The molecule has 0 bridgehead atoms. The molecule has 29 heavy (non-hydrogen) atoms. The topological polar surface area (TPSA) is 81.5 Å². The number of nitro groups is 1. The standard InChI is InChI=1S/C23H20N2O4/c1-29-21-13-11-19(12-14-21)23(18-7-3-2-4-8-18)24-22(26)15-10-17-6-5-9-20(16-17)25(27)28/h2-16,23H,1H3,(H,24,26)/b15-10+/t23-/m0/s1. The predicted octanol–water partition coefficient (Wildman–Crippen LogP) is 4.52. The Morgan fingerprint density at radius 3 is 2.34 bits per heavy atom. The summed E-state index contributed by atoms with van der Waals surface area (Å²) in [6.07, 6.45) is 2.93. The molecule has 1 N–H and O–H groups in total. The summed E-state index contributed by atoms with van der Waals surface area (Å²) in [6.45, 7) is 0. The third kappa shape index (κ3) is 5.29. The zero-order valence-corrected chi connectivity index (χ0v) is 15.8. The molecule has 1 atom stereocenters. The van der Waals surface area contributed by atoms with Crippen LogP contribution in [0.3, 0.4) is 0 Å². The lowest BCUT2D eigenvalue weighted by molar-refractivity contribution is -0.384. The molecule has 0 saturated carbocycles. The van der Waals surface area contributed by atoms with Gasteiger partial charge in [-0.1, -0.05) is 54.6 Å². The van der Waals surface area contributed by atoms with E-state index < -0.39 is 4.92 Å². The predicted molar refractivity (Wildman–Crippen MR) is 112 cm³/mol. The molecule has 6 heteroatoms. The summed E-state index contributed by atoms with van der Waals surface area (Å²) < 4.78 is 5.20. The second-order valence-corrected chi connectivity index (χ2v) is 6.31. The molecule has 0 aliphatic carbocycles. The molecule has 3 aromatic rings. The maximum Gasteiger partial charge on any atom is 0.270 e. The molecule has 0 aromatic heterocycles. The zero-order chi connectivity index (χ0) is 20.6. The number of non-ortho nitro benzene ring substituents is 1. The van der Waals surface area contributed by atoms with Crippen molar-refractivity contribution >= 4 is 17.7 Å². The van der Waals surface area contributed by atoms with Crippen LogP contribution in [-0.2, 0) is 4.79 Å². The highest BCUT2D eigenvalue weighted by Gasteiger charge is 2.16. The van der Waals surface area contributed by atoms with Crippen molar-refractivity contribution in [3.63, 3.8) is 0 Å². The van der Waals surface area contributed by atoms with Gasteiger partial charge in [0.15, 0.2) is 0 Å². The molecular weight excluding hydrogens is 368 g/mol. The summed E-state index contributed by atoms with van der Waals surface area (Å²) in [6, 6.07) is 22.9. The van der Waals surface area contributed by atoms with Crippen molar-refractivity contribution in [3.05, 3.63) is 112 Å². The van der Waals surface area contributed by atoms with E-state index >= 15 is 0 Å². The molecule has 1 amide bonds. The van der Waals surface area contributed by atoms with E-state index in [1.54, 1.807) is 25.3 Å². The summed E-state index contributed by atoms with van der Waals surface area (Å²) in [5, 5.41) is 13.9. The van der Waals surface area contributed by atoms with Gasteiger partial charge in [-0.25, -0.2) is 0 Å². The van der Waals surface area contributed by atoms with Crippen molar-refractivity contribution in [2.45, 2.75) is 6.04 Å². The number of hydrogen-bond donors (Lipinski definition) is 1. The van der Waals surface area contributed by atoms with Crippen molar-refractivity contribution in [1.82, 2.24) is 5.32 Å². The number of nitrogens with one attached hydrogen (secondary N) is 1. The van der Waals surface area contributed by atoms with Crippen LogP contribution in [0.25, 0.3) is 6.08 Å². The van der Waals surface area contributed by atoms with Gasteiger partial charge in [0.2, 0.25) is 5.91 Å². The first-order valence-electron chi connectivity index (χ1n) is 8.99. The molecule has 0 spiro atoms. The Morgan fingerprint density at radius 1 is 1.00 bits per heavy atom. The normalized spacial score (nSPS) is 11.8. The van der Waals surface area contributed by atoms with E-state index in [2.05, 4.69) is 5.32 Å². The summed E-state index contributed by atoms with van der Waals surface area (Å²) >= 11 is 0. The van der Waals surface area contributed by atoms with Gasteiger partial charge in [0.05, 0.1) is 18.1 Å². The minimum atomic E-state index is -0.466. The Labute approximate surface area is 168 Å². The number of carbonyl (C=O) groups is 1. The fourth-order valence-corrected chi connectivity index (χ4v) is 2.91. The van der Waals surface area contributed by atoms with E-state index in [4.69, 9.17) is 4.74 Å². The first kappa shape index (κ1) is 19.8. The Kier molecular flexibility index (Phi) is 6.37. The van der Waals surface area contributed by atoms with Gasteiger partial charge < -0.3 is 10.1 Å². The van der Waals surface area contributed by atoms with Crippen LogP contribution in [0.1, 0.15) is 22.7 Å². The van der Waals surface area contributed by atoms with E-state index in [1.807, 2.05) is 54.6 Å². The van der Waals surface area contributed by atoms with Crippen molar-refractivity contribution in [2.75, 3.05) is 7.11 Å². The lowest BCUT2D eigenvalue weighted by Crippen LogP contribution is -2.27. The average Bonchev–Trinajstić information content (AvgIpc) is 2.77. The van der Waals surface area contributed by atoms with Gasteiger partial charge in [0.1, 0.15) is 5.75 Å². The van der Waals surface area contributed by atoms with Gasteiger partial charge in [-0.2, -0.15) is 0 Å². The van der Waals surface area contributed by atoms with Crippen molar-refractivity contribution < 1.29 is 14.5 Å². The second kappa shape index (κ2) is 9.32. The van der Waals surface area contributed by atoms with Crippen LogP contribution in [0.15, 0.2) is 84.9 Å². The summed E-state index contributed by atoms with van der Waals surface area (Å²) in [5.74, 6) is 0.429. The molecule has 0 radical (unpaired) electrons. The molecule has 0 heterocycles. The van der Waals surface area contributed by atoms with Crippen LogP contribution >= 0.6 is 0 Å². The molecule has 0 fully saturated rings. The third-order valence-corrected chi connectivity index (χ3v) is 4.38. The van der Waals surface area contributed by atoms with Gasteiger partial charge in [-0.3, -0.25) is 14.9 Å². The minimum absolute atomic E-state index is 0.0204. The summed E-state index contributed by atoms with van der Waals surface area (Å²) in [4.78, 5) is 23.0. The molecule has 146 valence electrons. The van der Waals surface area contributed by atoms with Crippen LogP contribution in [0, 0.1) is 10.1 Å². The molecule has 0 saturated heterocycles. The monoisotopic (exact) mass is 388 g/mol. The molecule has 0 unspecified atom stereocenters. The Hall–Kier alpha value is -3.93. The largest absolute Gasteiger partial charge is 0.497 e. The average molecular weight is 388 g/mol. The second-order valence-electron chi connectivity index (χ2n) is 6.31. The van der Waals surface area contributed by atoms with Crippen LogP contribution < -0.4 is 10.1 Å². The number of ether oxygens (including phenoxy) is 1. The van der Waals surface area contributed by atoms with Gasteiger partial charge in [-0.15, -0.1) is 0 Å². The zero-order valence-electron chi connectivity index (χ0n) is 15.8. The number of carbonyl (C=O) groups excluding carboxylic acids is 1. The molecule has 3 rings (SSSR count). The highest BCUT2D eigenvalue weighted by Crippen LogP contribution is 2.24. The smallest absolute Gasteiger partial charge is 0.270 e. The van der Waals surface area contributed by atoms with Crippen LogP contribution in [0.5, 0.6) is 5.75 Å². The number of nitrogens with zero attached hydrogens (tertiary/aromatic N) is 1. The molecule has 0 aliphatic heterocycles. The van der Waals surface area contributed by atoms with Crippen LogP contribution in [0.2, 0.25) is 0 Å². The Bertz CT molecular complexity index is 1010. The molecule has 0 aliphatic rings. The number of benzene rings is 3. The highest BCUT2D eigenvalue weighted by atomic mass is 16.6. The lowest BCUT2D eigenvalue weighted by atomic mass is 9.98. The van der Waals surface area contributed by atoms with E-state index in [0.717, 1.165) is 16.9 Å². The van der Waals surface area contributed by atoms with Gasteiger partial charge in [0.25, 0.3) is 5.69 Å². The number of amides is 1. The third-order valence-electron chi connectivity index (χ3n) is 4.38. The molecule has 3 aromatic carbocycles. The van der Waals surface area contributed by atoms with Gasteiger partial charge in [-0.05, 0) is 34.9 Å². The fourth-order valence-electron chi connectivity index (χ4n) is 2.91. The summed E-state index contributed by atoms with van der Waals surface area (Å²) in [7, 11) is 1.60. The van der Waals surface area contributed by atoms with Crippen LogP contribution in [-0.4, -0.2) is 17.9 Å². The fraction of sp³-hybridized carbons (Fsp3) is 0.0870. The summed E-state index contributed by atoms with van der Waals surface area (Å²) in [5.41, 5.74) is 2.41. The molecular formula is C23H20N2O4. The lowest BCUT2D eigenvalue weighted by Gasteiger charge is -2.19. The van der Waals surface area contributed by atoms with Crippen molar-refractivity contribution in [1.29, 1.82) is 0 Å². The van der Waals surface area contributed by atoms with Crippen molar-refractivity contribution in [3.8, 4) is 5.75 Å². The maximum atomic E-state index is 12.6. The van der Waals surface area contributed by atoms with Gasteiger partial charge in [0, 0.05) is 18.2 Å². The van der Waals surface area contributed by atoms with E-state index in [9.17, 15) is 14.9 Å².